The molecule has 1 aromatic heterocycles. The molecule has 1 saturated heterocycles. The van der Waals surface area contributed by atoms with E-state index in [2.05, 4.69) is 23.7 Å². The maximum absolute atomic E-state index is 13.5. The average Bonchev–Trinajstić information content (AvgIpc) is 2.32. The van der Waals surface area contributed by atoms with Gasteiger partial charge in [-0.1, -0.05) is 0 Å². The van der Waals surface area contributed by atoms with Gasteiger partial charge in [0.05, 0.1) is 11.3 Å². The Balaban J connectivity index is 2.00. The first kappa shape index (κ1) is 13.4. The van der Waals surface area contributed by atoms with Crippen LogP contribution in [0.5, 0.6) is 0 Å². The van der Waals surface area contributed by atoms with E-state index in [1.165, 1.54) is 6.07 Å². The summed E-state index contributed by atoms with van der Waals surface area (Å²) in [4.78, 5) is 6.36. The minimum absolute atomic E-state index is 0.311. The van der Waals surface area contributed by atoms with E-state index < -0.39 is 5.60 Å². The fraction of sp³-hybridized carbons (Fsp3) is 0.643. The van der Waals surface area contributed by atoms with Crippen molar-refractivity contribution < 1.29 is 9.50 Å². The van der Waals surface area contributed by atoms with E-state index in [1.54, 1.807) is 12.3 Å². The summed E-state index contributed by atoms with van der Waals surface area (Å²) < 4.78 is 13.5. The van der Waals surface area contributed by atoms with E-state index in [4.69, 9.17) is 0 Å². The summed E-state index contributed by atoms with van der Waals surface area (Å²) in [6, 6.07) is 3.47. The summed E-state index contributed by atoms with van der Waals surface area (Å²) in [6.45, 7) is 6.04. The number of nitrogens with zero attached hydrogens (tertiary/aromatic N) is 2. The molecule has 100 valence electrons. The van der Waals surface area contributed by atoms with Crippen molar-refractivity contribution in [2.24, 2.45) is 0 Å². The molecule has 0 saturated carbocycles. The quantitative estimate of drug-likeness (QED) is 0.894. The number of pyridine rings is 1. The Labute approximate surface area is 108 Å². The van der Waals surface area contributed by atoms with Crippen molar-refractivity contribution in [1.82, 2.24) is 9.88 Å². The minimum Gasteiger partial charge on any atom is -0.389 e. The van der Waals surface area contributed by atoms with E-state index in [-0.39, 0.29) is 5.82 Å². The van der Waals surface area contributed by atoms with Crippen molar-refractivity contribution in [1.29, 1.82) is 0 Å². The molecule has 0 amide bonds. The van der Waals surface area contributed by atoms with Gasteiger partial charge in [-0.2, -0.15) is 0 Å². The maximum atomic E-state index is 13.5. The van der Waals surface area contributed by atoms with Crippen molar-refractivity contribution in [2.45, 2.75) is 44.8 Å². The van der Waals surface area contributed by atoms with Gasteiger partial charge in [-0.05, 0) is 38.8 Å². The number of hydrogen-bond acceptors (Lipinski definition) is 3. The molecule has 0 spiro atoms. The highest BCUT2D eigenvalue weighted by Crippen LogP contribution is 2.27. The second-order valence-electron chi connectivity index (χ2n) is 5.46. The van der Waals surface area contributed by atoms with Gasteiger partial charge < -0.3 is 10.0 Å². The Morgan fingerprint density at radius 2 is 2.11 bits per heavy atom. The van der Waals surface area contributed by atoms with Crippen molar-refractivity contribution >= 4 is 0 Å². The molecule has 4 heteroatoms. The molecule has 2 rings (SSSR count). The smallest absolute Gasteiger partial charge is 0.144 e. The van der Waals surface area contributed by atoms with Gasteiger partial charge in [-0.15, -0.1) is 0 Å². The third-order valence-corrected chi connectivity index (χ3v) is 3.79. The van der Waals surface area contributed by atoms with Crippen LogP contribution in [0.3, 0.4) is 0 Å². The molecule has 1 fully saturated rings. The highest BCUT2D eigenvalue weighted by Gasteiger charge is 2.34. The Bertz CT molecular complexity index is 401. The van der Waals surface area contributed by atoms with E-state index in [9.17, 15) is 9.50 Å². The summed E-state index contributed by atoms with van der Waals surface area (Å²) in [7, 11) is 0. The standard InChI is InChI=1S/C14H21FN2O/c1-11(2)17-8-5-14(18,6-9-17)10-13-12(15)4-3-7-16-13/h3-4,7,11,18H,5-6,8-10H2,1-2H3. The summed E-state index contributed by atoms with van der Waals surface area (Å²) >= 11 is 0. The number of likely N-dealkylation sites (tertiary alicyclic amines) is 1. The molecule has 0 bridgehead atoms. The second-order valence-corrected chi connectivity index (χ2v) is 5.46. The van der Waals surface area contributed by atoms with Gasteiger partial charge in [0.2, 0.25) is 0 Å². The predicted molar refractivity (Wildman–Crippen MR) is 68.8 cm³/mol. The summed E-state index contributed by atoms with van der Waals surface area (Å²) in [5.41, 5.74) is -0.432. The highest BCUT2D eigenvalue weighted by molar-refractivity contribution is 5.10. The van der Waals surface area contributed by atoms with Gasteiger partial charge in [-0.25, -0.2) is 4.39 Å². The van der Waals surface area contributed by atoms with Gasteiger partial charge in [0.25, 0.3) is 0 Å². The first-order chi connectivity index (χ1) is 8.50. The molecule has 1 N–H and O–H groups in total. The fourth-order valence-corrected chi connectivity index (χ4v) is 2.49. The number of aromatic nitrogens is 1. The predicted octanol–water partition coefficient (Wildman–Crippen LogP) is 2.00. The van der Waals surface area contributed by atoms with Crippen LogP contribution >= 0.6 is 0 Å². The van der Waals surface area contributed by atoms with Gasteiger partial charge in [0.15, 0.2) is 0 Å². The molecular formula is C14H21FN2O. The molecule has 0 atom stereocenters. The summed E-state index contributed by atoms with van der Waals surface area (Å²) in [6.07, 6.45) is 3.25. The van der Waals surface area contributed by atoms with Crippen LogP contribution in [-0.4, -0.2) is 39.7 Å². The molecule has 0 radical (unpaired) electrons. The second kappa shape index (κ2) is 5.33. The monoisotopic (exact) mass is 252 g/mol. The third-order valence-electron chi connectivity index (χ3n) is 3.79. The zero-order valence-electron chi connectivity index (χ0n) is 11.1. The van der Waals surface area contributed by atoms with Crippen molar-refractivity contribution in [3.05, 3.63) is 29.8 Å². The summed E-state index contributed by atoms with van der Waals surface area (Å²) in [5, 5.41) is 10.5. The Morgan fingerprint density at radius 1 is 1.44 bits per heavy atom. The van der Waals surface area contributed by atoms with Gasteiger partial charge >= 0.3 is 0 Å². The molecular weight excluding hydrogens is 231 g/mol. The van der Waals surface area contributed by atoms with Gasteiger partial charge in [0.1, 0.15) is 5.82 Å². The van der Waals surface area contributed by atoms with Crippen LogP contribution in [0.4, 0.5) is 4.39 Å². The first-order valence-corrected chi connectivity index (χ1v) is 6.56. The highest BCUT2D eigenvalue weighted by atomic mass is 19.1. The van der Waals surface area contributed by atoms with E-state index in [0.717, 1.165) is 13.1 Å². The van der Waals surface area contributed by atoms with E-state index in [0.29, 0.717) is 31.0 Å². The lowest BCUT2D eigenvalue weighted by Gasteiger charge is -2.39. The minimum atomic E-state index is -0.805. The number of rotatable bonds is 3. The van der Waals surface area contributed by atoms with E-state index >= 15 is 0 Å². The van der Waals surface area contributed by atoms with Crippen LogP contribution in [0.25, 0.3) is 0 Å². The lowest BCUT2D eigenvalue weighted by Crippen LogP contribution is -2.48. The molecule has 1 aliphatic rings. The van der Waals surface area contributed by atoms with Crippen molar-refractivity contribution in [2.75, 3.05) is 13.1 Å². The maximum Gasteiger partial charge on any atom is 0.144 e. The topological polar surface area (TPSA) is 36.4 Å². The van der Waals surface area contributed by atoms with Crippen molar-refractivity contribution in [3.63, 3.8) is 0 Å². The van der Waals surface area contributed by atoms with Crippen LogP contribution < -0.4 is 0 Å². The van der Waals surface area contributed by atoms with Crippen LogP contribution in [0.2, 0.25) is 0 Å². The van der Waals surface area contributed by atoms with Gasteiger partial charge in [-0.3, -0.25) is 4.98 Å². The zero-order chi connectivity index (χ0) is 13.2. The van der Waals surface area contributed by atoms with Crippen LogP contribution in [0.15, 0.2) is 18.3 Å². The molecule has 0 unspecified atom stereocenters. The largest absolute Gasteiger partial charge is 0.389 e. The number of aliphatic hydroxyl groups is 1. The third kappa shape index (κ3) is 3.06. The van der Waals surface area contributed by atoms with Crippen LogP contribution in [0.1, 0.15) is 32.4 Å². The Morgan fingerprint density at radius 3 is 2.67 bits per heavy atom. The molecule has 0 aliphatic carbocycles. The summed E-state index contributed by atoms with van der Waals surface area (Å²) in [5.74, 6) is -0.322. The molecule has 18 heavy (non-hydrogen) atoms. The zero-order valence-corrected chi connectivity index (χ0v) is 11.1. The lowest BCUT2D eigenvalue weighted by atomic mass is 9.86. The van der Waals surface area contributed by atoms with Crippen molar-refractivity contribution in [3.8, 4) is 0 Å². The normalized spacial score (nSPS) is 20.3. The first-order valence-electron chi connectivity index (χ1n) is 6.56. The fourth-order valence-electron chi connectivity index (χ4n) is 2.49. The van der Waals surface area contributed by atoms with Crippen LogP contribution in [0, 0.1) is 5.82 Å². The molecule has 2 heterocycles. The lowest BCUT2D eigenvalue weighted by molar-refractivity contribution is -0.0283. The molecule has 0 aromatic carbocycles. The average molecular weight is 252 g/mol. The SMILES string of the molecule is CC(C)N1CCC(O)(Cc2ncccc2F)CC1. The number of hydrogen-bond donors (Lipinski definition) is 1. The van der Waals surface area contributed by atoms with E-state index in [1.807, 2.05) is 0 Å². The molecule has 1 aliphatic heterocycles. The molecule has 3 nitrogen and oxygen atoms in total. The molecule has 1 aromatic rings. The number of piperidine rings is 1. The Kier molecular flexibility index (Phi) is 3.97. The van der Waals surface area contributed by atoms with Gasteiger partial charge in [0, 0.05) is 31.7 Å². The number of halogens is 1. The Hall–Kier alpha value is -1.00. The van der Waals surface area contributed by atoms with Crippen LogP contribution in [-0.2, 0) is 6.42 Å².